The fraction of sp³-hybridized carbons (Fsp3) is 0.120. The zero-order valence-electron chi connectivity index (χ0n) is 35.3. The summed E-state index contributed by atoms with van der Waals surface area (Å²) in [6, 6.07) is 36.1. The van der Waals surface area contributed by atoms with Crippen LogP contribution in [0.1, 0.15) is 13.0 Å². The molecule has 66 heavy (non-hydrogen) atoms. The van der Waals surface area contributed by atoms with Crippen LogP contribution in [-0.2, 0) is 0 Å². The molecule has 0 radical (unpaired) electrons. The van der Waals surface area contributed by atoms with Gasteiger partial charge < -0.3 is 29.0 Å². The molecule has 8 aromatic carbocycles. The Kier molecular flexibility index (Phi) is 20.5. The van der Waals surface area contributed by atoms with Crippen molar-refractivity contribution >= 4 is 115 Å². The smallest absolute Gasteiger partial charge is 0.491 e. The van der Waals surface area contributed by atoms with Crippen molar-refractivity contribution in [3.8, 4) is 45.3 Å². The van der Waals surface area contributed by atoms with E-state index in [0.29, 0.717) is 43.8 Å². The minimum absolute atomic E-state index is 0. The maximum Gasteiger partial charge on any atom is 0.491 e. The molecule has 0 spiro atoms. The Morgan fingerprint density at radius 1 is 0.485 bits per heavy atom. The second-order valence-corrected chi connectivity index (χ2v) is 17.6. The average molecular weight is 1110 g/mol. The molecule has 0 aliphatic heterocycles. The minimum atomic E-state index is -1.78. The van der Waals surface area contributed by atoms with Crippen LogP contribution in [0.4, 0.5) is 13.2 Å². The van der Waals surface area contributed by atoms with Gasteiger partial charge in [-0.15, -0.1) is 9.24 Å². The Morgan fingerprint density at radius 3 is 1.20 bits per heavy atom. The molecule has 1 unspecified atom stereocenters. The van der Waals surface area contributed by atoms with Crippen LogP contribution in [0.5, 0.6) is 23.0 Å². The Hall–Kier alpha value is -4.49. The molecule has 6 nitrogen and oxygen atoms in total. The number of halogens is 8. The summed E-state index contributed by atoms with van der Waals surface area (Å²) in [5, 5.41) is 23.0. The monoisotopic (exact) mass is 1100 g/mol. The Morgan fingerprint density at radius 2 is 0.848 bits per heavy atom. The van der Waals surface area contributed by atoms with Crippen molar-refractivity contribution < 1.29 is 42.2 Å². The highest BCUT2D eigenvalue weighted by atomic mass is 79.9. The van der Waals surface area contributed by atoms with Crippen molar-refractivity contribution in [3.05, 3.63) is 174 Å². The molecule has 0 aliphatic carbocycles. The Labute approximate surface area is 417 Å². The number of aryl methyl sites for hydroxylation is 1. The van der Waals surface area contributed by atoms with Gasteiger partial charge in [-0.2, -0.15) is 0 Å². The summed E-state index contributed by atoms with van der Waals surface area (Å²) in [6.07, 6.45) is 0. The molecule has 0 fully saturated rings. The topological polar surface area (TPSA) is 77.4 Å². The van der Waals surface area contributed by atoms with Gasteiger partial charge in [-0.05, 0) is 168 Å². The van der Waals surface area contributed by atoms with Crippen LogP contribution in [0.3, 0.4) is 0 Å². The molecular weight excluding hydrogens is 1060 g/mol. The van der Waals surface area contributed by atoms with Crippen LogP contribution in [0.2, 0.25) is 15.1 Å². The van der Waals surface area contributed by atoms with Crippen LogP contribution in [0.15, 0.2) is 136 Å². The number of methoxy groups -OCH3 is 4. The average Bonchev–Trinajstić information content (AvgIpc) is 3.26. The van der Waals surface area contributed by atoms with Gasteiger partial charge in [0.25, 0.3) is 0 Å². The summed E-state index contributed by atoms with van der Waals surface area (Å²) in [6.45, 7) is 2.10. The van der Waals surface area contributed by atoms with E-state index in [0.717, 1.165) is 48.1 Å². The molecule has 0 bridgehead atoms. The normalized spacial score (nSPS) is 10.3. The van der Waals surface area contributed by atoms with E-state index in [-0.39, 0.29) is 17.9 Å². The van der Waals surface area contributed by atoms with Gasteiger partial charge in [-0.1, -0.05) is 72.6 Å². The van der Waals surface area contributed by atoms with Gasteiger partial charge >= 0.3 is 7.12 Å². The molecule has 344 valence electrons. The molecule has 2 N–H and O–H groups in total. The van der Waals surface area contributed by atoms with Crippen LogP contribution >= 0.6 is 75.9 Å². The van der Waals surface area contributed by atoms with E-state index < -0.39 is 24.6 Å². The molecule has 0 amide bonds. The molecule has 0 saturated heterocycles. The number of hydrogen-bond donors (Lipinski definition) is 2. The van der Waals surface area contributed by atoms with Gasteiger partial charge in [-0.3, -0.25) is 0 Å². The lowest BCUT2D eigenvalue weighted by molar-refractivity contribution is 0.411. The maximum absolute atomic E-state index is 14.6. The van der Waals surface area contributed by atoms with Crippen LogP contribution in [0, 0.1) is 24.4 Å². The van der Waals surface area contributed by atoms with Gasteiger partial charge in [0.15, 0.2) is 0 Å². The second kappa shape index (κ2) is 25.0. The lowest BCUT2D eigenvalue weighted by Crippen LogP contribution is -2.32. The molecule has 0 saturated carbocycles. The third-order valence-corrected chi connectivity index (χ3v) is 12.3. The SMILES string of the molecule is C.COc1cc2cc(OC)c(-c3ccc(Cl)cc3F)cc2cc1-c1ccc(Cl)cc1F.COc1cc2cc(OC)c(Br)cc2cc1Br.Cc1ccccc1P.OB(O)c1ccc(Cl)cc1F. The highest BCUT2D eigenvalue weighted by Gasteiger charge is 2.18. The van der Waals surface area contributed by atoms with E-state index in [1.54, 1.807) is 62.8 Å². The predicted octanol–water partition coefficient (Wildman–Crippen LogP) is 14.4. The molecule has 0 aliphatic rings. The van der Waals surface area contributed by atoms with E-state index >= 15 is 0 Å². The van der Waals surface area contributed by atoms with Crippen LogP contribution < -0.4 is 29.7 Å². The Bertz CT molecular complexity index is 2810. The van der Waals surface area contributed by atoms with E-state index in [1.807, 2.05) is 36.4 Å². The lowest BCUT2D eigenvalue weighted by atomic mass is 9.80. The van der Waals surface area contributed by atoms with E-state index in [4.69, 9.17) is 63.8 Å². The first-order chi connectivity index (χ1) is 31.0. The van der Waals surface area contributed by atoms with Gasteiger partial charge in [0, 0.05) is 42.8 Å². The molecule has 1 atom stereocenters. The van der Waals surface area contributed by atoms with Crippen molar-refractivity contribution in [1.82, 2.24) is 0 Å². The third kappa shape index (κ3) is 13.8. The minimum Gasteiger partial charge on any atom is -0.496 e. The number of ether oxygens (including phenoxy) is 4. The van der Waals surface area contributed by atoms with E-state index in [2.05, 4.69) is 60.2 Å². The van der Waals surface area contributed by atoms with E-state index in [1.165, 1.54) is 49.4 Å². The van der Waals surface area contributed by atoms with Gasteiger partial charge in [0.05, 0.1) is 37.4 Å². The molecular formula is C50H44BBr2Cl3F3O6P. The van der Waals surface area contributed by atoms with Gasteiger partial charge in [0.1, 0.15) is 40.4 Å². The third-order valence-electron chi connectivity index (χ3n) is 9.73. The zero-order valence-corrected chi connectivity index (χ0v) is 41.9. The lowest BCUT2D eigenvalue weighted by Gasteiger charge is -2.15. The first-order valence-corrected chi connectivity index (χ1v) is 22.5. The van der Waals surface area contributed by atoms with E-state index in [9.17, 15) is 13.2 Å². The van der Waals surface area contributed by atoms with Crippen molar-refractivity contribution in [2.75, 3.05) is 28.4 Å². The van der Waals surface area contributed by atoms with Crippen molar-refractivity contribution in [1.29, 1.82) is 0 Å². The number of fused-ring (bicyclic) bond motifs is 2. The first kappa shape index (κ1) is 54.1. The van der Waals surface area contributed by atoms with Crippen LogP contribution in [-0.4, -0.2) is 45.6 Å². The second-order valence-electron chi connectivity index (χ2n) is 13.9. The summed E-state index contributed by atoms with van der Waals surface area (Å²) in [5.74, 6) is 0.990. The largest absolute Gasteiger partial charge is 0.496 e. The number of benzene rings is 8. The first-order valence-electron chi connectivity index (χ1n) is 19.2. The summed E-state index contributed by atoms with van der Waals surface area (Å²) in [7, 11) is 7.25. The predicted molar refractivity (Wildman–Crippen MR) is 279 cm³/mol. The summed E-state index contributed by atoms with van der Waals surface area (Å²) in [4.78, 5) is 0. The molecule has 0 aromatic heterocycles. The van der Waals surface area contributed by atoms with Crippen molar-refractivity contribution in [2.45, 2.75) is 14.4 Å². The highest BCUT2D eigenvalue weighted by molar-refractivity contribution is 9.11. The van der Waals surface area contributed by atoms with Gasteiger partial charge in [-0.25, -0.2) is 13.2 Å². The van der Waals surface area contributed by atoms with Crippen molar-refractivity contribution in [3.63, 3.8) is 0 Å². The quantitative estimate of drug-likeness (QED) is 0.122. The Balaban J connectivity index is 0.000000220. The summed E-state index contributed by atoms with van der Waals surface area (Å²) < 4.78 is 65.3. The highest BCUT2D eigenvalue weighted by Crippen LogP contribution is 2.42. The molecule has 8 aromatic rings. The van der Waals surface area contributed by atoms with Crippen molar-refractivity contribution in [2.24, 2.45) is 0 Å². The fourth-order valence-corrected chi connectivity index (χ4v) is 8.07. The summed E-state index contributed by atoms with van der Waals surface area (Å²) >= 11 is 24.1. The van der Waals surface area contributed by atoms with Gasteiger partial charge in [0.2, 0.25) is 0 Å². The fourth-order valence-electron chi connectivity index (χ4n) is 6.35. The number of rotatable bonds is 7. The molecule has 0 heterocycles. The maximum atomic E-state index is 14.6. The zero-order chi connectivity index (χ0) is 47.5. The van der Waals surface area contributed by atoms with Crippen LogP contribution in [0.25, 0.3) is 43.8 Å². The molecule has 8 rings (SSSR count). The summed E-state index contributed by atoms with van der Waals surface area (Å²) in [5.41, 5.74) is 2.99. The standard InChI is InChI=1S/C24H16Cl2F2O2.C12H10Br2O2.C7H9P.C6H5BClFO2.CH4/c1-29-23-9-14-10-24(30-2)20(18-6-4-16(26)12-22(18)28)8-13(14)7-19(23)17-5-3-15(25)11-21(17)27;1-15-11-5-8-6-12(16-2)10(14)4-7(8)3-9(11)13;1-6-4-2-3-5-7(6)8;8-4-1-2-5(7(10)11)6(9)3-4;/h3-12H,1-2H3;3-6H,1-2H3;2-5H,8H2,1H3;1-3,10-11H;1H4. The molecule has 16 heteroatoms. The number of hydrogen-bond acceptors (Lipinski definition) is 6.